The number of hydrogen-bond donors (Lipinski definition) is 1. The van der Waals surface area contributed by atoms with Gasteiger partial charge in [-0.15, -0.1) is 0 Å². The number of rotatable bonds is 11. The van der Waals surface area contributed by atoms with Crippen LogP contribution in [-0.4, -0.2) is 44.8 Å². The average Bonchev–Trinajstić information content (AvgIpc) is 2.99. The van der Waals surface area contributed by atoms with Gasteiger partial charge in [0, 0.05) is 30.1 Å². The largest absolute Gasteiger partial charge is 0.357 e. The number of likely N-dealkylation sites (N-methyl/N-ethyl adjacent to an activating group) is 1. The molecule has 0 saturated carbocycles. The van der Waals surface area contributed by atoms with Crippen LogP contribution < -0.4 is 9.62 Å². The van der Waals surface area contributed by atoms with Crippen LogP contribution in [-0.2, 0) is 32.6 Å². The van der Waals surface area contributed by atoms with Crippen LogP contribution in [0.2, 0.25) is 10.0 Å². The number of nitrogens with one attached hydrogen (secondary N) is 1. The van der Waals surface area contributed by atoms with Crippen LogP contribution in [0.4, 0.5) is 5.69 Å². The van der Waals surface area contributed by atoms with E-state index in [0.29, 0.717) is 26.9 Å². The molecule has 0 aliphatic rings. The summed E-state index contributed by atoms with van der Waals surface area (Å²) in [6.07, 6.45) is 0.202. The molecule has 0 aromatic heterocycles. The van der Waals surface area contributed by atoms with Crippen LogP contribution in [0.3, 0.4) is 0 Å². The number of carbonyl (C=O) groups excluding carboxylic acids is 2. The fourth-order valence-corrected chi connectivity index (χ4v) is 6.60. The highest BCUT2D eigenvalue weighted by Gasteiger charge is 2.35. The molecule has 0 radical (unpaired) electrons. The first kappa shape index (κ1) is 31.1. The van der Waals surface area contributed by atoms with Crippen molar-refractivity contribution in [2.45, 2.75) is 30.8 Å². The SMILES string of the molecule is CNC(=O)[C@H](Cc1ccccc1)N(Cc1ccc(Cl)cc1Cl)C(=O)CN(c1ccccc1C)S(=O)(=O)c1ccccc1. The Morgan fingerprint density at radius 2 is 1.48 bits per heavy atom. The monoisotopic (exact) mass is 623 g/mol. The molecule has 1 N–H and O–H groups in total. The van der Waals surface area contributed by atoms with Gasteiger partial charge in [-0.2, -0.15) is 0 Å². The molecule has 1 atom stereocenters. The maximum absolute atomic E-state index is 14.3. The molecule has 0 heterocycles. The molecule has 0 bridgehead atoms. The molecule has 10 heteroatoms. The highest BCUT2D eigenvalue weighted by Crippen LogP contribution is 2.28. The fraction of sp³-hybridized carbons (Fsp3) is 0.188. The number of hydrogen-bond acceptors (Lipinski definition) is 4. The molecule has 0 aliphatic carbocycles. The summed E-state index contributed by atoms with van der Waals surface area (Å²) in [6, 6.07) is 28.1. The normalized spacial score (nSPS) is 11.9. The van der Waals surface area contributed by atoms with E-state index < -0.39 is 34.4 Å². The molecular weight excluding hydrogens is 593 g/mol. The maximum atomic E-state index is 14.3. The van der Waals surface area contributed by atoms with Gasteiger partial charge >= 0.3 is 0 Å². The van der Waals surface area contributed by atoms with Crippen molar-refractivity contribution in [3.05, 3.63) is 130 Å². The zero-order valence-electron chi connectivity index (χ0n) is 23.2. The van der Waals surface area contributed by atoms with Gasteiger partial charge in [0.15, 0.2) is 0 Å². The van der Waals surface area contributed by atoms with E-state index >= 15 is 0 Å². The lowest BCUT2D eigenvalue weighted by Gasteiger charge is -2.34. The quantitative estimate of drug-likeness (QED) is 0.226. The average molecular weight is 625 g/mol. The number of aryl methyl sites for hydroxylation is 1. The Hall–Kier alpha value is -3.85. The van der Waals surface area contributed by atoms with Crippen molar-refractivity contribution in [3.8, 4) is 0 Å². The van der Waals surface area contributed by atoms with Crippen molar-refractivity contribution in [3.63, 3.8) is 0 Å². The first-order valence-electron chi connectivity index (χ1n) is 13.2. The van der Waals surface area contributed by atoms with Gasteiger partial charge < -0.3 is 10.2 Å². The van der Waals surface area contributed by atoms with Crippen molar-refractivity contribution < 1.29 is 18.0 Å². The Kier molecular flexibility index (Phi) is 10.3. The highest BCUT2D eigenvalue weighted by atomic mass is 35.5. The third-order valence-corrected chi connectivity index (χ3v) is 9.23. The van der Waals surface area contributed by atoms with Gasteiger partial charge in [-0.05, 0) is 53.9 Å². The van der Waals surface area contributed by atoms with E-state index in [9.17, 15) is 18.0 Å². The van der Waals surface area contributed by atoms with Crippen molar-refractivity contribution >= 4 is 50.7 Å². The van der Waals surface area contributed by atoms with Crippen LogP contribution in [0.15, 0.2) is 108 Å². The van der Waals surface area contributed by atoms with Crippen LogP contribution in [0, 0.1) is 6.92 Å². The van der Waals surface area contributed by atoms with Crippen LogP contribution in [0.5, 0.6) is 0 Å². The Morgan fingerprint density at radius 3 is 2.10 bits per heavy atom. The van der Waals surface area contributed by atoms with E-state index in [1.807, 2.05) is 30.3 Å². The number of amides is 2. The Balaban J connectivity index is 1.81. The maximum Gasteiger partial charge on any atom is 0.264 e. The Bertz CT molecular complexity index is 1650. The van der Waals surface area contributed by atoms with Crippen molar-refractivity contribution in [2.75, 3.05) is 17.9 Å². The molecule has 2 amide bonds. The fourth-order valence-electron chi connectivity index (χ4n) is 4.63. The Labute approximate surface area is 256 Å². The summed E-state index contributed by atoms with van der Waals surface area (Å²) >= 11 is 12.6. The number of halogens is 2. The van der Waals surface area contributed by atoms with E-state index in [4.69, 9.17) is 23.2 Å². The summed E-state index contributed by atoms with van der Waals surface area (Å²) in [5, 5.41) is 3.41. The van der Waals surface area contributed by atoms with Gasteiger partial charge in [0.2, 0.25) is 11.8 Å². The minimum Gasteiger partial charge on any atom is -0.357 e. The zero-order valence-corrected chi connectivity index (χ0v) is 25.5. The topological polar surface area (TPSA) is 86.8 Å². The Morgan fingerprint density at radius 1 is 0.857 bits per heavy atom. The summed E-state index contributed by atoms with van der Waals surface area (Å²) in [7, 11) is -2.66. The molecule has 4 aromatic rings. The highest BCUT2D eigenvalue weighted by molar-refractivity contribution is 7.92. The molecule has 0 saturated heterocycles. The number of nitrogens with zero attached hydrogens (tertiary/aromatic N) is 2. The number of para-hydroxylation sites is 1. The van der Waals surface area contributed by atoms with Gasteiger partial charge in [-0.1, -0.05) is 96.0 Å². The molecule has 218 valence electrons. The zero-order chi connectivity index (χ0) is 30.3. The smallest absolute Gasteiger partial charge is 0.264 e. The molecular formula is C32H31Cl2N3O4S. The number of benzene rings is 4. The molecule has 4 aromatic carbocycles. The predicted molar refractivity (Wildman–Crippen MR) is 167 cm³/mol. The standard InChI is InChI=1S/C32H31Cl2N3O4S/c1-23-11-9-10-16-29(23)37(42(40,41)27-14-7-4-8-15-27)22-31(38)36(21-25-17-18-26(33)20-28(25)34)30(32(39)35-2)19-24-12-5-3-6-13-24/h3-18,20,30H,19,21-22H2,1-2H3,(H,35,39)/t30-/m0/s1. The van der Waals surface area contributed by atoms with Gasteiger partial charge in [0.25, 0.3) is 10.0 Å². The second kappa shape index (κ2) is 13.9. The third kappa shape index (κ3) is 7.31. The van der Waals surface area contributed by atoms with Gasteiger partial charge in [-0.25, -0.2) is 8.42 Å². The predicted octanol–water partition coefficient (Wildman–Crippen LogP) is 5.88. The number of sulfonamides is 1. The molecule has 42 heavy (non-hydrogen) atoms. The van der Waals surface area contributed by atoms with E-state index in [-0.39, 0.29) is 17.9 Å². The van der Waals surface area contributed by atoms with Crippen LogP contribution in [0.25, 0.3) is 0 Å². The van der Waals surface area contributed by atoms with Crippen molar-refractivity contribution in [2.24, 2.45) is 0 Å². The first-order valence-corrected chi connectivity index (χ1v) is 15.4. The summed E-state index contributed by atoms with van der Waals surface area (Å²) in [6.45, 7) is 1.18. The molecule has 0 spiro atoms. The minimum atomic E-state index is -4.16. The number of anilines is 1. The second-order valence-corrected chi connectivity index (χ2v) is 12.4. The van der Waals surface area contributed by atoms with Crippen molar-refractivity contribution in [1.29, 1.82) is 0 Å². The van der Waals surface area contributed by atoms with Crippen LogP contribution in [0.1, 0.15) is 16.7 Å². The summed E-state index contributed by atoms with van der Waals surface area (Å²) in [4.78, 5) is 29.1. The molecule has 0 unspecified atom stereocenters. The lowest BCUT2D eigenvalue weighted by atomic mass is 10.0. The van der Waals surface area contributed by atoms with Gasteiger partial charge in [-0.3, -0.25) is 13.9 Å². The first-order chi connectivity index (χ1) is 20.1. The molecule has 4 rings (SSSR count). The minimum absolute atomic E-state index is 0.0421. The van der Waals surface area contributed by atoms with Crippen molar-refractivity contribution in [1.82, 2.24) is 10.2 Å². The van der Waals surface area contributed by atoms with E-state index in [2.05, 4.69) is 5.32 Å². The summed E-state index contributed by atoms with van der Waals surface area (Å²) in [5.41, 5.74) is 2.42. The lowest BCUT2D eigenvalue weighted by molar-refractivity contribution is -0.139. The lowest BCUT2D eigenvalue weighted by Crippen LogP contribution is -2.53. The molecule has 0 fully saturated rings. The van der Waals surface area contributed by atoms with Gasteiger partial charge in [0.1, 0.15) is 12.6 Å². The van der Waals surface area contributed by atoms with E-state index in [1.54, 1.807) is 67.6 Å². The van der Waals surface area contributed by atoms with Crippen LogP contribution >= 0.6 is 23.2 Å². The summed E-state index contributed by atoms with van der Waals surface area (Å²) < 4.78 is 29.1. The second-order valence-electron chi connectivity index (χ2n) is 9.69. The molecule has 7 nitrogen and oxygen atoms in total. The number of carbonyl (C=O) groups is 2. The van der Waals surface area contributed by atoms with E-state index in [1.165, 1.54) is 24.1 Å². The van der Waals surface area contributed by atoms with E-state index in [0.717, 1.165) is 9.87 Å². The van der Waals surface area contributed by atoms with Gasteiger partial charge in [0.05, 0.1) is 10.6 Å². The molecule has 0 aliphatic heterocycles. The third-order valence-electron chi connectivity index (χ3n) is 6.87. The summed E-state index contributed by atoms with van der Waals surface area (Å²) in [5.74, 6) is -0.973.